The molecule has 0 aromatic carbocycles. The summed E-state index contributed by atoms with van der Waals surface area (Å²) in [7, 11) is 2.12. The summed E-state index contributed by atoms with van der Waals surface area (Å²) in [6, 6.07) is 9.99. The average molecular weight is 422 g/mol. The van der Waals surface area contributed by atoms with E-state index in [0.29, 0.717) is 5.56 Å². The van der Waals surface area contributed by atoms with Gasteiger partial charge in [-0.2, -0.15) is 0 Å². The van der Waals surface area contributed by atoms with Crippen molar-refractivity contribution in [1.82, 2.24) is 34.7 Å². The molecular formula is C23H31N7O. The fraction of sp³-hybridized carbons (Fsp3) is 0.478. The van der Waals surface area contributed by atoms with Crippen LogP contribution in [-0.2, 0) is 6.54 Å². The van der Waals surface area contributed by atoms with Crippen LogP contribution in [-0.4, -0.2) is 68.0 Å². The van der Waals surface area contributed by atoms with Gasteiger partial charge in [0.25, 0.3) is 5.91 Å². The molecule has 1 unspecified atom stereocenters. The van der Waals surface area contributed by atoms with Crippen LogP contribution in [0, 0.1) is 0 Å². The van der Waals surface area contributed by atoms with Gasteiger partial charge >= 0.3 is 0 Å². The molecule has 1 N–H and O–H groups in total. The first-order chi connectivity index (χ1) is 15.1. The molecule has 4 rings (SSSR count). The average Bonchev–Trinajstić information content (AvgIpc) is 3.22. The maximum atomic E-state index is 12.8. The molecule has 8 nitrogen and oxygen atoms in total. The highest BCUT2D eigenvalue weighted by Gasteiger charge is 2.29. The van der Waals surface area contributed by atoms with E-state index in [1.54, 1.807) is 0 Å². The molecule has 1 aliphatic rings. The summed E-state index contributed by atoms with van der Waals surface area (Å²) in [6.45, 7) is 7.73. The Hall–Kier alpha value is -2.84. The van der Waals surface area contributed by atoms with Crippen molar-refractivity contribution >= 4 is 11.6 Å². The Morgan fingerprint density at radius 1 is 1.16 bits per heavy atom. The number of hydrogen-bond donors (Lipinski definition) is 1. The second-order valence-corrected chi connectivity index (χ2v) is 8.24. The van der Waals surface area contributed by atoms with Gasteiger partial charge in [-0.05, 0) is 44.2 Å². The summed E-state index contributed by atoms with van der Waals surface area (Å²) in [4.78, 5) is 21.9. The minimum atomic E-state index is -0.0518. The Kier molecular flexibility index (Phi) is 6.58. The molecule has 0 bridgehead atoms. The monoisotopic (exact) mass is 421 g/mol. The normalized spacial score (nSPS) is 18.0. The number of nitrogens with one attached hydrogen (secondary N) is 1. The number of nitrogens with zero attached hydrogens (tertiary/aromatic N) is 6. The number of carbonyl (C=O) groups excluding carboxylic acids is 1. The quantitative estimate of drug-likeness (QED) is 0.632. The van der Waals surface area contributed by atoms with Gasteiger partial charge in [-0.1, -0.05) is 19.9 Å². The van der Waals surface area contributed by atoms with Crippen LogP contribution >= 0.6 is 0 Å². The summed E-state index contributed by atoms with van der Waals surface area (Å²) in [5.41, 5.74) is 2.45. The molecule has 8 heteroatoms. The summed E-state index contributed by atoms with van der Waals surface area (Å²) < 4.78 is 1.97. The lowest BCUT2D eigenvalue weighted by atomic mass is 10.1. The fourth-order valence-corrected chi connectivity index (χ4v) is 4.10. The number of amides is 1. The van der Waals surface area contributed by atoms with Gasteiger partial charge < -0.3 is 5.32 Å². The van der Waals surface area contributed by atoms with Gasteiger partial charge in [0.2, 0.25) is 0 Å². The highest BCUT2D eigenvalue weighted by Crippen LogP contribution is 2.24. The number of aromatic nitrogens is 4. The third-order valence-corrected chi connectivity index (χ3v) is 6.15. The Bertz CT molecular complexity index is 1020. The molecule has 1 fully saturated rings. The van der Waals surface area contributed by atoms with Crippen LogP contribution in [0.4, 0.5) is 0 Å². The first-order valence-electron chi connectivity index (χ1n) is 11.1. The zero-order valence-electron chi connectivity index (χ0n) is 18.5. The van der Waals surface area contributed by atoms with E-state index in [0.717, 1.165) is 56.2 Å². The molecular weight excluding hydrogens is 390 g/mol. The Morgan fingerprint density at radius 3 is 2.74 bits per heavy atom. The molecule has 164 valence electrons. The van der Waals surface area contributed by atoms with E-state index in [1.165, 1.54) is 0 Å². The second kappa shape index (κ2) is 9.53. The third kappa shape index (κ3) is 4.75. The van der Waals surface area contributed by atoms with Crippen LogP contribution < -0.4 is 5.32 Å². The lowest BCUT2D eigenvalue weighted by Crippen LogP contribution is -2.46. The summed E-state index contributed by atoms with van der Waals surface area (Å²) in [5, 5.41) is 12.0. The van der Waals surface area contributed by atoms with Gasteiger partial charge in [-0.3, -0.25) is 24.0 Å². The van der Waals surface area contributed by atoms with Crippen molar-refractivity contribution in [3.63, 3.8) is 0 Å². The van der Waals surface area contributed by atoms with Crippen LogP contribution in [0.25, 0.3) is 5.65 Å². The zero-order valence-corrected chi connectivity index (χ0v) is 18.5. The molecule has 4 heterocycles. The number of hydrogen-bond acceptors (Lipinski definition) is 6. The molecule has 0 radical (unpaired) electrons. The van der Waals surface area contributed by atoms with Crippen molar-refractivity contribution in [2.45, 2.75) is 45.3 Å². The molecule has 0 saturated carbocycles. The number of likely N-dealkylation sites (N-methyl/N-ethyl adjacent to an activating group) is 1. The molecule has 0 aliphatic carbocycles. The molecule has 31 heavy (non-hydrogen) atoms. The predicted molar refractivity (Wildman–Crippen MR) is 120 cm³/mol. The molecule has 0 spiro atoms. The third-order valence-electron chi connectivity index (χ3n) is 6.15. The van der Waals surface area contributed by atoms with E-state index in [-0.39, 0.29) is 18.0 Å². The van der Waals surface area contributed by atoms with Gasteiger partial charge in [-0.25, -0.2) is 0 Å². The zero-order chi connectivity index (χ0) is 21.8. The maximum Gasteiger partial charge on any atom is 0.252 e. The van der Waals surface area contributed by atoms with E-state index in [2.05, 4.69) is 57.3 Å². The van der Waals surface area contributed by atoms with Gasteiger partial charge in [0.15, 0.2) is 11.5 Å². The molecule has 1 saturated heterocycles. The smallest absolute Gasteiger partial charge is 0.252 e. The van der Waals surface area contributed by atoms with Crippen molar-refractivity contribution in [3.05, 3.63) is 59.8 Å². The van der Waals surface area contributed by atoms with Crippen LogP contribution in [0.2, 0.25) is 0 Å². The SMILES string of the molecule is CCC(CC)NC(=O)c1ccc2nnc(C3CN(Cc4ccccn4)CCN3C)n2c1. The first kappa shape index (κ1) is 21.4. The highest BCUT2D eigenvalue weighted by molar-refractivity contribution is 5.94. The lowest BCUT2D eigenvalue weighted by Gasteiger charge is -2.38. The van der Waals surface area contributed by atoms with Crippen molar-refractivity contribution < 1.29 is 4.79 Å². The lowest BCUT2D eigenvalue weighted by molar-refractivity contribution is 0.0844. The van der Waals surface area contributed by atoms with Gasteiger partial charge in [0, 0.05) is 44.6 Å². The number of piperazine rings is 1. The van der Waals surface area contributed by atoms with E-state index >= 15 is 0 Å². The molecule has 3 aromatic rings. The highest BCUT2D eigenvalue weighted by atomic mass is 16.1. The van der Waals surface area contributed by atoms with E-state index < -0.39 is 0 Å². The topological polar surface area (TPSA) is 78.7 Å². The maximum absolute atomic E-state index is 12.8. The number of carbonyl (C=O) groups is 1. The minimum Gasteiger partial charge on any atom is -0.349 e. The summed E-state index contributed by atoms with van der Waals surface area (Å²) in [6.07, 6.45) is 5.54. The summed E-state index contributed by atoms with van der Waals surface area (Å²) >= 11 is 0. The van der Waals surface area contributed by atoms with Gasteiger partial charge in [0.1, 0.15) is 0 Å². The van der Waals surface area contributed by atoms with E-state index in [9.17, 15) is 4.79 Å². The summed E-state index contributed by atoms with van der Waals surface area (Å²) in [5.74, 6) is 0.810. The molecule has 1 aliphatic heterocycles. The number of fused-ring (bicyclic) bond motifs is 1. The van der Waals surface area contributed by atoms with Gasteiger partial charge in [-0.15, -0.1) is 10.2 Å². The molecule has 1 amide bonds. The van der Waals surface area contributed by atoms with Crippen LogP contribution in [0.3, 0.4) is 0 Å². The Morgan fingerprint density at radius 2 is 2.00 bits per heavy atom. The van der Waals surface area contributed by atoms with Crippen LogP contribution in [0.15, 0.2) is 42.7 Å². The van der Waals surface area contributed by atoms with Crippen molar-refractivity contribution in [2.75, 3.05) is 26.7 Å². The fourth-order valence-electron chi connectivity index (χ4n) is 4.10. The Balaban J connectivity index is 1.56. The van der Waals surface area contributed by atoms with Crippen molar-refractivity contribution in [3.8, 4) is 0 Å². The van der Waals surface area contributed by atoms with Gasteiger partial charge in [0.05, 0.1) is 17.3 Å². The number of rotatable bonds is 7. The van der Waals surface area contributed by atoms with E-state index in [1.807, 2.05) is 41.1 Å². The van der Waals surface area contributed by atoms with Crippen molar-refractivity contribution in [1.29, 1.82) is 0 Å². The standard InChI is InChI=1S/C23H31N7O/c1-4-18(5-2)25-23(31)17-9-10-21-26-27-22(30(21)14-17)20-16-29(13-12-28(20)3)15-19-8-6-7-11-24-19/h6-11,14,18,20H,4-5,12-13,15-16H2,1-3H3,(H,25,31). The second-order valence-electron chi connectivity index (χ2n) is 8.24. The Labute approximate surface area is 183 Å². The molecule has 3 aromatic heterocycles. The van der Waals surface area contributed by atoms with Crippen molar-refractivity contribution in [2.24, 2.45) is 0 Å². The largest absolute Gasteiger partial charge is 0.349 e. The number of pyridine rings is 2. The van der Waals surface area contributed by atoms with E-state index in [4.69, 9.17) is 0 Å². The van der Waals surface area contributed by atoms with Crippen LogP contribution in [0.1, 0.15) is 54.6 Å². The molecule has 1 atom stereocenters. The minimum absolute atomic E-state index is 0.0518. The predicted octanol–water partition coefficient (Wildman–Crippen LogP) is 2.53. The van der Waals surface area contributed by atoms with Crippen LogP contribution in [0.5, 0.6) is 0 Å². The first-order valence-corrected chi connectivity index (χ1v) is 11.1.